The summed E-state index contributed by atoms with van der Waals surface area (Å²) in [5, 5.41) is 11.3. The Morgan fingerprint density at radius 3 is 1.98 bits per heavy atom. The van der Waals surface area contributed by atoms with Gasteiger partial charge in [-0.05, 0) is 47.4 Å². The van der Waals surface area contributed by atoms with Gasteiger partial charge in [0, 0.05) is 23.1 Å². The van der Waals surface area contributed by atoms with Crippen LogP contribution in [-0.4, -0.2) is 62.7 Å². The molecule has 16 heteroatoms. The van der Waals surface area contributed by atoms with Gasteiger partial charge in [-0.1, -0.05) is 79.6 Å². The van der Waals surface area contributed by atoms with E-state index < -0.39 is 64.3 Å². The molecule has 2 aromatic rings. The number of carbonyl (C=O) groups excluding carboxylic acids is 3. The molecule has 3 amide bonds. The lowest BCUT2D eigenvalue weighted by Gasteiger charge is -2.26. The zero-order chi connectivity index (χ0) is 35.2. The highest BCUT2D eigenvalue weighted by molar-refractivity contribution is 7.93. The number of halogens is 3. The summed E-state index contributed by atoms with van der Waals surface area (Å²) in [6, 6.07) is 9.60. The number of hydrogen-bond acceptors (Lipinski definition) is 7. The minimum absolute atomic E-state index is 0.00317. The monoisotopic (exact) mass is 679 g/mol. The van der Waals surface area contributed by atoms with Gasteiger partial charge in [-0.15, -0.1) is 0 Å². The molecule has 0 spiro atoms. The molecule has 0 heterocycles. The van der Waals surface area contributed by atoms with Crippen molar-refractivity contribution in [1.29, 1.82) is 0 Å². The van der Waals surface area contributed by atoms with Crippen LogP contribution in [0.1, 0.15) is 43.4 Å². The number of rotatable bonds is 17. The van der Waals surface area contributed by atoms with Crippen molar-refractivity contribution in [3.63, 3.8) is 0 Å². The Morgan fingerprint density at radius 1 is 0.894 bits per heavy atom. The van der Waals surface area contributed by atoms with Crippen molar-refractivity contribution < 1.29 is 36.0 Å². The summed E-state index contributed by atoms with van der Waals surface area (Å²) in [4.78, 5) is 42.5. The first-order valence-electron chi connectivity index (χ1n) is 14.7. The van der Waals surface area contributed by atoms with Gasteiger partial charge >= 0.3 is 6.18 Å². The predicted octanol–water partition coefficient (Wildman–Crippen LogP) is 3.62. The first-order chi connectivity index (χ1) is 22.0. The molecule has 256 valence electrons. The molecule has 47 heavy (non-hydrogen) atoms. The van der Waals surface area contributed by atoms with E-state index >= 15 is 0 Å². The van der Waals surface area contributed by atoms with Crippen LogP contribution in [0.5, 0.6) is 0 Å². The zero-order valence-electron chi connectivity index (χ0n) is 26.3. The third-order valence-electron chi connectivity index (χ3n) is 6.77. The Balaban J connectivity index is 2.31. The highest BCUT2D eigenvalue weighted by Gasteiger charge is 2.38. The van der Waals surface area contributed by atoms with Gasteiger partial charge in [-0.3, -0.25) is 14.4 Å². The van der Waals surface area contributed by atoms with Crippen LogP contribution in [0.15, 0.2) is 71.2 Å². The van der Waals surface area contributed by atoms with Gasteiger partial charge in [-0.25, -0.2) is 8.42 Å². The number of alkyl halides is 3. The molecule has 0 bridgehead atoms. The third-order valence-corrected chi connectivity index (χ3v) is 7.43. The van der Waals surface area contributed by atoms with Crippen molar-refractivity contribution in [1.82, 2.24) is 16.0 Å². The third kappa shape index (κ3) is 15.2. The van der Waals surface area contributed by atoms with E-state index in [9.17, 15) is 36.0 Å². The van der Waals surface area contributed by atoms with Crippen LogP contribution in [-0.2, 0) is 43.6 Å². The van der Waals surface area contributed by atoms with Gasteiger partial charge in [0.2, 0.25) is 17.7 Å². The average Bonchev–Trinajstić information content (AvgIpc) is 2.98. The van der Waals surface area contributed by atoms with Crippen molar-refractivity contribution in [2.75, 3.05) is 6.26 Å². The van der Waals surface area contributed by atoms with Gasteiger partial charge in [0.15, 0.2) is 9.84 Å². The van der Waals surface area contributed by atoms with E-state index in [-0.39, 0.29) is 31.7 Å². The quantitative estimate of drug-likeness (QED) is 0.112. The molecular weight excluding hydrogens is 639 g/mol. The van der Waals surface area contributed by atoms with Gasteiger partial charge in [0.1, 0.15) is 18.1 Å². The molecular formula is C31H40F3N7O5S. The summed E-state index contributed by atoms with van der Waals surface area (Å²) in [7, 11) is -3.66. The van der Waals surface area contributed by atoms with E-state index in [1.165, 1.54) is 0 Å². The normalized spacial score (nSPS) is 14.5. The first kappa shape index (κ1) is 38.8. The number of nitrogens with one attached hydrogen (secondary N) is 3. The second kappa shape index (κ2) is 18.1. The van der Waals surface area contributed by atoms with Crippen molar-refractivity contribution in [2.45, 2.75) is 76.4 Å². The topological polar surface area (TPSA) is 196 Å². The fraction of sp³-hybridized carbons (Fsp3) is 0.452. The Kier molecular flexibility index (Phi) is 14.9. The molecule has 12 nitrogen and oxygen atoms in total. The molecule has 0 saturated heterocycles. The summed E-state index contributed by atoms with van der Waals surface area (Å²) in [5.74, 6) is -3.32. The van der Waals surface area contributed by atoms with Crippen LogP contribution in [0.25, 0.3) is 10.4 Å². The number of sulfone groups is 1. The largest absolute Gasteiger partial charge is 0.391 e. The van der Waals surface area contributed by atoms with Crippen LogP contribution >= 0.6 is 0 Å². The van der Waals surface area contributed by atoms with Crippen LogP contribution in [0.2, 0.25) is 0 Å². The number of benzene rings is 2. The lowest BCUT2D eigenvalue weighted by Crippen LogP contribution is -2.57. The van der Waals surface area contributed by atoms with E-state index in [2.05, 4.69) is 26.0 Å². The Morgan fingerprint density at radius 2 is 1.45 bits per heavy atom. The Bertz CT molecular complexity index is 1530. The van der Waals surface area contributed by atoms with E-state index in [1.807, 2.05) is 0 Å². The first-order valence-corrected chi connectivity index (χ1v) is 16.7. The van der Waals surface area contributed by atoms with E-state index in [4.69, 9.17) is 11.3 Å². The zero-order valence-corrected chi connectivity index (χ0v) is 27.1. The number of nitrogens with zero attached hydrogens (tertiary/aromatic N) is 3. The number of nitrogens with two attached hydrogens (primary N) is 1. The molecule has 0 saturated carbocycles. The Hall–Kier alpha value is -4.40. The van der Waals surface area contributed by atoms with Crippen LogP contribution in [0, 0.1) is 5.92 Å². The van der Waals surface area contributed by atoms with Crippen molar-refractivity contribution >= 4 is 27.6 Å². The van der Waals surface area contributed by atoms with Crippen LogP contribution in [0.4, 0.5) is 13.2 Å². The summed E-state index contributed by atoms with van der Waals surface area (Å²) in [6.07, 6.45) is -4.56. The lowest BCUT2D eigenvalue weighted by molar-refractivity contribution is -0.152. The molecule has 5 N–H and O–H groups in total. The van der Waals surface area contributed by atoms with Gasteiger partial charge in [0.05, 0.1) is 12.5 Å². The molecule has 4 atom stereocenters. The maximum atomic E-state index is 13.6. The molecule has 0 fully saturated rings. The molecule has 0 aliphatic heterocycles. The summed E-state index contributed by atoms with van der Waals surface area (Å²) < 4.78 is 64.5. The maximum absolute atomic E-state index is 13.6. The SMILES string of the molecule is CC(C)C[C@H](NC(=O)C(Cc1ccccc1)N=[N+]=[N-])C(=O)N[C@@H](CC(F)(F)F)C(=O)N[C@H](/C=C/S(C)(=O)=O)Cc1ccc(CN)cc1. The van der Waals surface area contributed by atoms with Crippen LogP contribution in [0.3, 0.4) is 0 Å². The smallest absolute Gasteiger partial charge is 0.348 e. The van der Waals surface area contributed by atoms with Crippen molar-refractivity contribution in [3.05, 3.63) is 93.2 Å². The summed E-state index contributed by atoms with van der Waals surface area (Å²) >= 11 is 0. The lowest BCUT2D eigenvalue weighted by atomic mass is 10.0. The molecule has 2 rings (SSSR count). The van der Waals surface area contributed by atoms with E-state index in [0.29, 0.717) is 11.1 Å². The second-order valence-corrected chi connectivity index (χ2v) is 13.4. The minimum atomic E-state index is -4.88. The molecule has 0 radical (unpaired) electrons. The number of hydrogen-bond donors (Lipinski definition) is 4. The number of amides is 3. The molecule has 2 aromatic carbocycles. The summed E-state index contributed by atoms with van der Waals surface area (Å²) in [6.45, 7) is 3.71. The van der Waals surface area contributed by atoms with Crippen LogP contribution < -0.4 is 21.7 Å². The van der Waals surface area contributed by atoms with Gasteiger partial charge < -0.3 is 21.7 Å². The fourth-order valence-electron chi connectivity index (χ4n) is 4.52. The highest BCUT2D eigenvalue weighted by atomic mass is 32.2. The predicted molar refractivity (Wildman–Crippen MR) is 171 cm³/mol. The average molecular weight is 680 g/mol. The second-order valence-electron chi connectivity index (χ2n) is 11.5. The number of azide groups is 1. The Labute approximate surface area is 271 Å². The summed E-state index contributed by atoms with van der Waals surface area (Å²) in [5.41, 5.74) is 16.7. The van der Waals surface area contributed by atoms with Crippen molar-refractivity contribution in [3.8, 4) is 0 Å². The number of carbonyl (C=O) groups is 3. The molecule has 1 unspecified atom stereocenters. The molecule has 0 aromatic heterocycles. The minimum Gasteiger partial charge on any atom is -0.348 e. The van der Waals surface area contributed by atoms with E-state index in [0.717, 1.165) is 23.3 Å². The fourth-order valence-corrected chi connectivity index (χ4v) is 5.00. The highest BCUT2D eigenvalue weighted by Crippen LogP contribution is 2.22. The maximum Gasteiger partial charge on any atom is 0.391 e. The van der Waals surface area contributed by atoms with Crippen molar-refractivity contribution in [2.24, 2.45) is 16.8 Å². The molecule has 0 aliphatic rings. The van der Waals surface area contributed by atoms with Gasteiger partial charge in [-0.2, -0.15) is 13.2 Å². The standard InChI is InChI=1S/C31H40F3N7O5S/c1-20(2)15-25(38-29(43)26(40-41-36)17-21-7-5-4-6-8-21)28(42)39-27(18-31(32,33)34)30(44)37-24(13-14-47(3,45)46)16-22-9-11-23(19-35)12-10-22/h4-14,20,24-27H,15-19,35H2,1-3H3,(H,37,44)(H,38,43)(H,39,42)/b14-13+/t24-,25+,26?,27+/m1/s1. The van der Waals surface area contributed by atoms with Gasteiger partial charge in [0.25, 0.3) is 0 Å². The molecule has 0 aliphatic carbocycles. The van der Waals surface area contributed by atoms with E-state index in [1.54, 1.807) is 68.4 Å².